The molecule has 2 aromatic rings. The van der Waals surface area contributed by atoms with Crippen LogP contribution in [0.15, 0.2) is 23.4 Å². The summed E-state index contributed by atoms with van der Waals surface area (Å²) >= 11 is 7.09. The number of carbonyl (C=O) groups excluding carboxylic acids is 1. The van der Waals surface area contributed by atoms with Gasteiger partial charge >= 0.3 is 11.9 Å². The van der Waals surface area contributed by atoms with Crippen LogP contribution in [0.3, 0.4) is 0 Å². The average molecular weight is 315 g/mol. The maximum Gasteiger partial charge on any atom is 0.325 e. The van der Waals surface area contributed by atoms with Crippen LogP contribution in [0.25, 0.3) is 11.0 Å². The van der Waals surface area contributed by atoms with Gasteiger partial charge in [0.1, 0.15) is 12.1 Å². The van der Waals surface area contributed by atoms with Crippen molar-refractivity contribution in [2.75, 3.05) is 12.9 Å². The number of aromatic nitrogens is 2. The molecule has 0 bridgehead atoms. The Bertz CT molecular complexity index is 671. The van der Waals surface area contributed by atoms with Crippen molar-refractivity contribution in [3.63, 3.8) is 0 Å². The molecule has 0 spiro atoms. The first-order valence-electron chi connectivity index (χ1n) is 5.59. The number of hydrogen-bond donors (Lipinski definition) is 1. The van der Waals surface area contributed by atoms with E-state index in [9.17, 15) is 9.59 Å². The number of nitrogens with zero attached hydrogens (tertiary/aromatic N) is 2. The number of esters is 1. The standard InChI is InChI=1S/C12H11ClN2O4S/c1-19-10(18)5-15-8-4-2-3-7(13)11(8)14-12(15)20-6-9(16)17/h2-4H,5-6H2,1H3,(H,16,17). The summed E-state index contributed by atoms with van der Waals surface area (Å²) in [5, 5.41) is 9.61. The van der Waals surface area contributed by atoms with Crippen LogP contribution in [0.2, 0.25) is 5.02 Å². The maximum atomic E-state index is 11.5. The highest BCUT2D eigenvalue weighted by molar-refractivity contribution is 7.99. The second-order valence-electron chi connectivity index (χ2n) is 3.85. The molecule has 0 aliphatic carbocycles. The second-order valence-corrected chi connectivity index (χ2v) is 5.20. The molecule has 8 heteroatoms. The highest BCUT2D eigenvalue weighted by atomic mass is 35.5. The monoisotopic (exact) mass is 314 g/mol. The third-order valence-corrected chi connectivity index (χ3v) is 3.80. The number of ether oxygens (including phenoxy) is 1. The van der Waals surface area contributed by atoms with Crippen LogP contribution in [0.4, 0.5) is 0 Å². The van der Waals surface area contributed by atoms with E-state index in [0.717, 1.165) is 11.8 Å². The fraction of sp³-hybridized carbons (Fsp3) is 0.250. The molecule has 0 radical (unpaired) electrons. The van der Waals surface area contributed by atoms with Crippen molar-refractivity contribution in [2.24, 2.45) is 0 Å². The van der Waals surface area contributed by atoms with E-state index in [1.165, 1.54) is 7.11 Å². The lowest BCUT2D eigenvalue weighted by Crippen LogP contribution is -2.12. The number of fused-ring (bicyclic) bond motifs is 1. The molecule has 1 N–H and O–H groups in total. The number of imidazole rings is 1. The van der Waals surface area contributed by atoms with Gasteiger partial charge in [0.05, 0.1) is 23.4 Å². The number of rotatable bonds is 5. The maximum absolute atomic E-state index is 11.5. The van der Waals surface area contributed by atoms with Crippen LogP contribution >= 0.6 is 23.4 Å². The van der Waals surface area contributed by atoms with E-state index in [1.807, 2.05) is 0 Å². The predicted octanol–water partition coefficient (Wildman–Crippen LogP) is 2.04. The molecule has 0 saturated heterocycles. The summed E-state index contributed by atoms with van der Waals surface area (Å²) in [5.41, 5.74) is 1.20. The van der Waals surface area contributed by atoms with Crippen LogP contribution in [0.1, 0.15) is 0 Å². The van der Waals surface area contributed by atoms with Crippen LogP contribution in [0, 0.1) is 0 Å². The van der Waals surface area contributed by atoms with E-state index < -0.39 is 11.9 Å². The van der Waals surface area contributed by atoms with Crippen LogP contribution in [-0.4, -0.2) is 39.5 Å². The van der Waals surface area contributed by atoms with Gasteiger partial charge in [-0.1, -0.05) is 29.4 Å². The highest BCUT2D eigenvalue weighted by Gasteiger charge is 2.16. The molecule has 0 unspecified atom stereocenters. The molecule has 2 rings (SSSR count). The first-order valence-corrected chi connectivity index (χ1v) is 6.95. The molecule has 0 aliphatic rings. The lowest BCUT2D eigenvalue weighted by Gasteiger charge is -2.06. The molecule has 0 fully saturated rings. The lowest BCUT2D eigenvalue weighted by atomic mass is 10.3. The number of thioether (sulfide) groups is 1. The Kier molecular flexibility index (Phi) is 4.51. The van der Waals surface area contributed by atoms with Gasteiger partial charge in [0.15, 0.2) is 5.16 Å². The van der Waals surface area contributed by atoms with Crippen LogP contribution in [0.5, 0.6) is 0 Å². The molecule has 0 atom stereocenters. The van der Waals surface area contributed by atoms with Gasteiger partial charge in [-0.15, -0.1) is 0 Å². The topological polar surface area (TPSA) is 81.4 Å². The summed E-state index contributed by atoms with van der Waals surface area (Å²) in [6, 6.07) is 5.19. The zero-order valence-electron chi connectivity index (χ0n) is 10.5. The highest BCUT2D eigenvalue weighted by Crippen LogP contribution is 2.28. The number of aliphatic carboxylic acids is 1. The Morgan fingerprint density at radius 1 is 1.50 bits per heavy atom. The number of methoxy groups -OCH3 is 1. The minimum Gasteiger partial charge on any atom is -0.481 e. The van der Waals surface area contributed by atoms with E-state index in [1.54, 1.807) is 22.8 Å². The number of carboxylic acids is 1. The average Bonchev–Trinajstić information content (AvgIpc) is 2.76. The summed E-state index contributed by atoms with van der Waals surface area (Å²) in [7, 11) is 1.29. The minimum absolute atomic E-state index is 0.0463. The van der Waals surface area contributed by atoms with Crippen molar-refractivity contribution in [2.45, 2.75) is 11.7 Å². The summed E-state index contributed by atoms with van der Waals surface area (Å²) in [5.74, 6) is -1.55. The number of halogens is 1. The molecule has 0 aliphatic heterocycles. The molecule has 1 aromatic heterocycles. The first-order chi connectivity index (χ1) is 9.52. The molecule has 0 saturated carbocycles. The number of carboxylic acid groups (broad SMARTS) is 1. The van der Waals surface area contributed by atoms with E-state index in [2.05, 4.69) is 9.72 Å². The second kappa shape index (κ2) is 6.15. The molecular weight excluding hydrogens is 304 g/mol. The van der Waals surface area contributed by atoms with Crippen molar-refractivity contribution < 1.29 is 19.4 Å². The lowest BCUT2D eigenvalue weighted by molar-refractivity contribution is -0.141. The minimum atomic E-state index is -0.960. The molecule has 6 nitrogen and oxygen atoms in total. The van der Waals surface area contributed by atoms with Gasteiger partial charge in [-0.25, -0.2) is 4.98 Å². The molecule has 106 valence electrons. The van der Waals surface area contributed by atoms with Gasteiger partial charge in [-0.05, 0) is 12.1 Å². The SMILES string of the molecule is COC(=O)Cn1c(SCC(=O)O)nc2c(Cl)cccc21. The normalized spacial score (nSPS) is 10.7. The van der Waals surface area contributed by atoms with Gasteiger partial charge in [0, 0.05) is 0 Å². The summed E-state index contributed by atoms with van der Waals surface area (Å²) in [6.07, 6.45) is 0. The molecule has 1 aromatic carbocycles. The van der Waals surface area contributed by atoms with Crippen molar-refractivity contribution in [1.29, 1.82) is 0 Å². The number of hydrogen-bond acceptors (Lipinski definition) is 5. The molecule has 1 heterocycles. The van der Waals surface area contributed by atoms with E-state index in [4.69, 9.17) is 16.7 Å². The van der Waals surface area contributed by atoms with Crippen molar-refractivity contribution in [1.82, 2.24) is 9.55 Å². The van der Waals surface area contributed by atoms with E-state index in [0.29, 0.717) is 21.2 Å². The summed E-state index contributed by atoms with van der Waals surface area (Å²) < 4.78 is 6.24. The summed E-state index contributed by atoms with van der Waals surface area (Å²) in [6.45, 7) is -0.0463. The van der Waals surface area contributed by atoms with Crippen LogP contribution < -0.4 is 0 Å². The third kappa shape index (κ3) is 3.05. The third-order valence-electron chi connectivity index (χ3n) is 2.53. The Morgan fingerprint density at radius 3 is 2.90 bits per heavy atom. The summed E-state index contributed by atoms with van der Waals surface area (Å²) in [4.78, 5) is 26.4. The number of para-hydroxylation sites is 1. The van der Waals surface area contributed by atoms with Crippen molar-refractivity contribution >= 4 is 46.3 Å². The van der Waals surface area contributed by atoms with Gasteiger partial charge in [-0.3, -0.25) is 9.59 Å². The van der Waals surface area contributed by atoms with Gasteiger partial charge in [0.2, 0.25) is 0 Å². The molecule has 0 amide bonds. The number of benzene rings is 1. The first kappa shape index (κ1) is 14.7. The Morgan fingerprint density at radius 2 is 2.25 bits per heavy atom. The largest absolute Gasteiger partial charge is 0.481 e. The zero-order chi connectivity index (χ0) is 14.7. The van der Waals surface area contributed by atoms with Gasteiger partial charge in [-0.2, -0.15) is 0 Å². The van der Waals surface area contributed by atoms with Gasteiger partial charge < -0.3 is 14.4 Å². The quantitative estimate of drug-likeness (QED) is 0.672. The Hall–Kier alpha value is -1.73. The fourth-order valence-corrected chi connectivity index (χ4v) is 2.61. The predicted molar refractivity (Wildman–Crippen MR) is 75.1 cm³/mol. The zero-order valence-corrected chi connectivity index (χ0v) is 12.1. The van der Waals surface area contributed by atoms with Crippen LogP contribution in [-0.2, 0) is 20.9 Å². The van der Waals surface area contributed by atoms with E-state index >= 15 is 0 Å². The fourth-order valence-electron chi connectivity index (χ4n) is 1.67. The number of carbonyl (C=O) groups is 2. The van der Waals surface area contributed by atoms with Crippen molar-refractivity contribution in [3.8, 4) is 0 Å². The van der Waals surface area contributed by atoms with Crippen molar-refractivity contribution in [3.05, 3.63) is 23.2 Å². The smallest absolute Gasteiger partial charge is 0.325 e. The van der Waals surface area contributed by atoms with Gasteiger partial charge in [0.25, 0.3) is 0 Å². The Labute approximate surface area is 123 Å². The van der Waals surface area contributed by atoms with E-state index in [-0.39, 0.29) is 12.3 Å². The molecule has 20 heavy (non-hydrogen) atoms. The Balaban J connectivity index is 2.47. The molecular formula is C12H11ClN2O4S.